The Bertz CT molecular complexity index is 409. The van der Waals surface area contributed by atoms with Gasteiger partial charge in [0.1, 0.15) is 0 Å². The summed E-state index contributed by atoms with van der Waals surface area (Å²) < 4.78 is 44.5. The summed E-state index contributed by atoms with van der Waals surface area (Å²) in [4.78, 5) is 0. The Balaban J connectivity index is 3.02. The van der Waals surface area contributed by atoms with E-state index in [1.807, 2.05) is 0 Å². The van der Waals surface area contributed by atoms with Gasteiger partial charge in [-0.05, 0) is 37.6 Å². The highest BCUT2D eigenvalue weighted by atomic mass is 79.9. The molecule has 0 saturated heterocycles. The van der Waals surface area contributed by atoms with Crippen LogP contribution in [0.2, 0.25) is 0 Å². The van der Waals surface area contributed by atoms with Gasteiger partial charge in [0.25, 0.3) is 0 Å². The average molecular weight is 340 g/mol. The van der Waals surface area contributed by atoms with E-state index >= 15 is 0 Å². The Labute approximate surface area is 119 Å². The molecule has 0 amide bonds. The molecule has 0 aliphatic carbocycles. The third kappa shape index (κ3) is 4.78. The summed E-state index contributed by atoms with van der Waals surface area (Å²) in [7, 11) is 3.24. The highest BCUT2D eigenvalue weighted by molar-refractivity contribution is 9.10. The summed E-state index contributed by atoms with van der Waals surface area (Å²) in [5, 5.41) is 2.94. The van der Waals surface area contributed by atoms with E-state index in [1.165, 1.54) is 6.07 Å². The molecule has 0 spiro atoms. The number of halogens is 4. The van der Waals surface area contributed by atoms with Crippen LogP contribution in [0.4, 0.5) is 13.2 Å². The van der Waals surface area contributed by atoms with Gasteiger partial charge in [-0.15, -0.1) is 0 Å². The molecule has 1 N–H and O–H groups in total. The maximum atomic E-state index is 13.0. The second-order valence-electron chi connectivity index (χ2n) is 4.21. The molecule has 19 heavy (non-hydrogen) atoms. The predicted molar refractivity (Wildman–Crippen MR) is 72.1 cm³/mol. The lowest BCUT2D eigenvalue weighted by Crippen LogP contribution is -2.21. The fourth-order valence-corrected chi connectivity index (χ4v) is 2.33. The van der Waals surface area contributed by atoms with Gasteiger partial charge < -0.3 is 10.1 Å². The summed E-state index contributed by atoms with van der Waals surface area (Å²) in [6.07, 6.45) is -3.06. The predicted octanol–water partition coefficient (Wildman–Crippen LogP) is 4.16. The topological polar surface area (TPSA) is 21.3 Å². The Morgan fingerprint density at radius 3 is 2.58 bits per heavy atom. The number of alkyl halides is 3. The molecular weight excluding hydrogens is 323 g/mol. The quantitative estimate of drug-likeness (QED) is 0.786. The number of methoxy groups -OCH3 is 1. The minimum atomic E-state index is -4.35. The first kappa shape index (κ1) is 16.5. The summed E-state index contributed by atoms with van der Waals surface area (Å²) >= 11 is 3.08. The van der Waals surface area contributed by atoms with Gasteiger partial charge in [-0.2, -0.15) is 13.2 Å². The summed E-state index contributed by atoms with van der Waals surface area (Å²) in [5.41, 5.74) is -0.326. The van der Waals surface area contributed by atoms with E-state index in [0.29, 0.717) is 23.9 Å². The Morgan fingerprint density at radius 1 is 1.37 bits per heavy atom. The van der Waals surface area contributed by atoms with E-state index in [0.717, 1.165) is 6.07 Å². The van der Waals surface area contributed by atoms with Crippen LogP contribution in [-0.4, -0.2) is 20.8 Å². The molecule has 1 rings (SSSR count). The van der Waals surface area contributed by atoms with E-state index in [-0.39, 0.29) is 11.6 Å². The first-order valence-electron chi connectivity index (χ1n) is 5.93. The fourth-order valence-electron chi connectivity index (χ4n) is 1.96. The first-order chi connectivity index (χ1) is 8.90. The van der Waals surface area contributed by atoms with E-state index in [4.69, 9.17) is 4.74 Å². The van der Waals surface area contributed by atoms with Crippen LogP contribution >= 0.6 is 15.9 Å². The second-order valence-corrected chi connectivity index (χ2v) is 5.12. The van der Waals surface area contributed by atoms with Crippen LogP contribution in [0.15, 0.2) is 22.7 Å². The van der Waals surface area contributed by atoms with Crippen molar-refractivity contribution in [2.24, 2.45) is 0 Å². The monoisotopic (exact) mass is 339 g/mol. The molecule has 0 saturated carbocycles. The van der Waals surface area contributed by atoms with Crippen molar-refractivity contribution in [1.29, 1.82) is 0 Å². The first-order valence-corrected chi connectivity index (χ1v) is 6.72. The minimum absolute atomic E-state index is 0.273. The minimum Gasteiger partial charge on any atom is -0.385 e. The van der Waals surface area contributed by atoms with Crippen molar-refractivity contribution >= 4 is 15.9 Å². The molecule has 0 radical (unpaired) electrons. The molecule has 0 heterocycles. The van der Waals surface area contributed by atoms with Gasteiger partial charge in [0.2, 0.25) is 0 Å². The second kappa shape index (κ2) is 7.26. The lowest BCUT2D eigenvalue weighted by Gasteiger charge is -2.21. The molecule has 1 atom stereocenters. The normalized spacial score (nSPS) is 13.6. The van der Waals surface area contributed by atoms with Gasteiger partial charge >= 0.3 is 6.18 Å². The maximum Gasteiger partial charge on any atom is 0.416 e. The van der Waals surface area contributed by atoms with Crippen molar-refractivity contribution in [3.63, 3.8) is 0 Å². The molecule has 2 nitrogen and oxygen atoms in total. The van der Waals surface area contributed by atoms with Gasteiger partial charge in [-0.3, -0.25) is 0 Å². The molecule has 0 aromatic heterocycles. The Morgan fingerprint density at radius 2 is 2.05 bits per heavy atom. The molecule has 1 aromatic rings. The highest BCUT2D eigenvalue weighted by Gasteiger charge is 2.35. The van der Waals surface area contributed by atoms with Gasteiger partial charge in [0.05, 0.1) is 5.56 Å². The lowest BCUT2D eigenvalue weighted by atomic mass is 9.96. The molecule has 6 heteroatoms. The molecule has 0 bridgehead atoms. The van der Waals surface area contributed by atoms with Crippen molar-refractivity contribution < 1.29 is 17.9 Å². The number of rotatable bonds is 6. The molecule has 1 unspecified atom stereocenters. The molecule has 1 aromatic carbocycles. The van der Waals surface area contributed by atoms with Crippen LogP contribution in [0, 0.1) is 0 Å². The third-order valence-electron chi connectivity index (χ3n) is 2.89. The highest BCUT2D eigenvalue weighted by Crippen LogP contribution is 2.37. The van der Waals surface area contributed by atoms with Crippen molar-refractivity contribution in [2.45, 2.75) is 25.1 Å². The fraction of sp³-hybridized carbons (Fsp3) is 0.538. The summed E-state index contributed by atoms with van der Waals surface area (Å²) in [6.45, 7) is 0.538. The average Bonchev–Trinajstić information content (AvgIpc) is 2.34. The van der Waals surface area contributed by atoms with Crippen LogP contribution in [0.25, 0.3) is 0 Å². The van der Waals surface area contributed by atoms with Crippen LogP contribution in [0.3, 0.4) is 0 Å². The number of hydrogen-bond acceptors (Lipinski definition) is 2. The van der Waals surface area contributed by atoms with Crippen molar-refractivity contribution in [3.8, 4) is 0 Å². The van der Waals surface area contributed by atoms with E-state index in [9.17, 15) is 13.2 Å². The van der Waals surface area contributed by atoms with Crippen molar-refractivity contribution in [3.05, 3.63) is 33.8 Å². The van der Waals surface area contributed by atoms with E-state index in [2.05, 4.69) is 21.2 Å². The third-order valence-corrected chi connectivity index (χ3v) is 3.38. The molecule has 0 aliphatic heterocycles. The zero-order valence-corrected chi connectivity index (χ0v) is 12.4. The van der Waals surface area contributed by atoms with Crippen LogP contribution in [0.1, 0.15) is 30.0 Å². The largest absolute Gasteiger partial charge is 0.416 e. The summed E-state index contributed by atoms with van der Waals surface area (Å²) in [5.74, 6) is 0. The summed E-state index contributed by atoms with van der Waals surface area (Å²) in [6, 6.07) is 3.93. The van der Waals surface area contributed by atoms with Gasteiger partial charge in [-0.25, -0.2) is 0 Å². The van der Waals surface area contributed by atoms with Crippen molar-refractivity contribution in [1.82, 2.24) is 5.32 Å². The van der Waals surface area contributed by atoms with E-state index in [1.54, 1.807) is 20.2 Å². The van der Waals surface area contributed by atoms with Gasteiger partial charge in [0, 0.05) is 24.2 Å². The van der Waals surface area contributed by atoms with Crippen molar-refractivity contribution in [2.75, 3.05) is 20.8 Å². The molecular formula is C13H17BrF3NO. The number of hydrogen-bond donors (Lipinski definition) is 1. The maximum absolute atomic E-state index is 13.0. The zero-order valence-electron chi connectivity index (χ0n) is 10.9. The van der Waals surface area contributed by atoms with Crippen LogP contribution in [-0.2, 0) is 10.9 Å². The number of nitrogens with one attached hydrogen (secondary N) is 1. The zero-order chi connectivity index (χ0) is 14.5. The van der Waals surface area contributed by atoms with Gasteiger partial charge in [0.15, 0.2) is 0 Å². The number of benzene rings is 1. The van der Waals surface area contributed by atoms with Crippen LogP contribution in [0.5, 0.6) is 0 Å². The van der Waals surface area contributed by atoms with Gasteiger partial charge in [-0.1, -0.05) is 22.0 Å². The van der Waals surface area contributed by atoms with E-state index < -0.39 is 11.7 Å². The molecule has 0 aliphatic rings. The Kier molecular flexibility index (Phi) is 6.29. The number of ether oxygens (including phenoxy) is 1. The SMILES string of the molecule is CNC(CCCOC)c1ccc(Br)cc1C(F)(F)F. The smallest absolute Gasteiger partial charge is 0.385 e. The molecule has 0 fully saturated rings. The lowest BCUT2D eigenvalue weighted by molar-refractivity contribution is -0.138. The van der Waals surface area contributed by atoms with Crippen LogP contribution < -0.4 is 5.32 Å². The standard InChI is InChI=1S/C13H17BrF3NO/c1-18-12(4-3-7-19-2)10-6-5-9(14)8-11(10)13(15,16)17/h5-6,8,12,18H,3-4,7H2,1-2H3. The Hall–Kier alpha value is -0.590. The molecule has 108 valence electrons.